The fourth-order valence-corrected chi connectivity index (χ4v) is 37.3. The maximum atomic E-state index is 12.3. The maximum absolute atomic E-state index is 12.3. The zero-order valence-corrected chi connectivity index (χ0v) is 93.1. The van der Waals surface area contributed by atoms with E-state index in [-0.39, 0.29) is 10.9 Å². The fraction of sp³-hybridized carbons (Fsp3) is 0.431. The molecule has 7 fully saturated rings. The zero-order chi connectivity index (χ0) is 103. The van der Waals surface area contributed by atoms with E-state index < -0.39 is 12.8 Å². The van der Waals surface area contributed by atoms with Crippen molar-refractivity contribution >= 4 is 152 Å². The van der Waals surface area contributed by atoms with Gasteiger partial charge in [-0.25, -0.2) is 0 Å². The summed E-state index contributed by atoms with van der Waals surface area (Å²) in [7, 11) is 12.8. The van der Waals surface area contributed by atoms with Crippen molar-refractivity contribution in [1.82, 2.24) is 0 Å². The molecule has 7 aliphatic heterocycles. The van der Waals surface area contributed by atoms with Crippen LogP contribution in [0.4, 0.5) is 13.2 Å². The summed E-state index contributed by atoms with van der Waals surface area (Å²) in [5.41, 5.74) is 0. The molecule has 7 heterocycles. The van der Waals surface area contributed by atoms with Gasteiger partial charge < -0.3 is 71.1 Å². The van der Waals surface area contributed by atoms with E-state index in [1.807, 2.05) is 30.3 Å². The second-order valence-electron chi connectivity index (χ2n) is 37.2. The Bertz CT molecular complexity index is 6340. The molecule has 7 aliphatic rings. The van der Waals surface area contributed by atoms with Crippen molar-refractivity contribution in [3.8, 4) is 40.2 Å². The molecular formula is C123H152F3O15S7+7. The van der Waals surface area contributed by atoms with E-state index in [1.165, 1.54) is 289 Å². The summed E-state index contributed by atoms with van der Waals surface area (Å²) in [6.45, 7) is 6.60. The van der Waals surface area contributed by atoms with E-state index in [9.17, 15) is 13.2 Å². The molecule has 25 heteroatoms. The highest BCUT2D eigenvalue weighted by Crippen LogP contribution is 2.44. The largest absolute Gasteiger partial charge is 0.491 e. The molecule has 790 valence electrons. The first kappa shape index (κ1) is 113. The number of methoxy groups -OCH3 is 6. The topological polar surface area (TPSA) is 138 Å². The molecule has 0 spiro atoms. The lowest BCUT2D eigenvalue weighted by Gasteiger charge is -2.16. The van der Waals surface area contributed by atoms with Gasteiger partial charge in [0.1, 0.15) is 147 Å². The van der Waals surface area contributed by atoms with Gasteiger partial charge in [0, 0.05) is 194 Å². The van der Waals surface area contributed by atoms with E-state index in [0.717, 1.165) is 45.3 Å². The second kappa shape index (κ2) is 61.9. The Morgan fingerprint density at radius 2 is 0.338 bits per heavy atom. The molecular weight excluding hydrogens is 2000 g/mol. The molecule has 0 aliphatic carbocycles. The van der Waals surface area contributed by atoms with E-state index in [2.05, 4.69) is 218 Å². The highest BCUT2D eigenvalue weighted by Gasteiger charge is 2.37. The Balaban J connectivity index is 0.000000129. The van der Waals surface area contributed by atoms with Gasteiger partial charge >= 0.3 is 6.18 Å². The molecule has 0 atom stereocenters. The molecule has 15 nitrogen and oxygen atoms in total. The third-order valence-corrected chi connectivity index (χ3v) is 44.8. The van der Waals surface area contributed by atoms with Gasteiger partial charge in [-0.2, -0.15) is 13.2 Å². The minimum absolute atomic E-state index is 0.228. The molecule has 0 amide bonds. The third-order valence-electron chi connectivity index (χ3n) is 27.0. The van der Waals surface area contributed by atoms with Crippen LogP contribution in [0.5, 0.6) is 40.2 Å². The number of alkyl halides is 3. The van der Waals surface area contributed by atoms with E-state index in [0.29, 0.717) is 164 Å². The molecule has 0 unspecified atom stereocenters. The number of fused-ring (bicyclic) bond motifs is 7. The van der Waals surface area contributed by atoms with Gasteiger partial charge in [0.05, 0.1) is 52.9 Å². The quantitative estimate of drug-likeness (QED) is 0.0207. The number of benzene rings is 14. The van der Waals surface area contributed by atoms with Crippen LogP contribution in [0.3, 0.4) is 0 Å². The number of hydrogen-bond acceptors (Lipinski definition) is 15. The van der Waals surface area contributed by atoms with Gasteiger partial charge in [0.25, 0.3) is 0 Å². The van der Waals surface area contributed by atoms with Crippen molar-refractivity contribution < 1.29 is 84.2 Å². The maximum Gasteiger partial charge on any atom is 0.422 e. The number of hydrogen-bond donors (Lipinski definition) is 0. The van der Waals surface area contributed by atoms with Crippen LogP contribution >= 0.6 is 0 Å². The number of ether oxygens (including phenoxy) is 15. The summed E-state index contributed by atoms with van der Waals surface area (Å²) >= 11 is 0. The Kier molecular flexibility index (Phi) is 47.5. The summed E-state index contributed by atoms with van der Waals surface area (Å²) in [5, 5.41) is 17.3. The fourth-order valence-electron chi connectivity index (χ4n) is 19.8. The standard InChI is InChI=1S/C20H27O3S.C19H25O3S.C18H23O2S.2C17H21O2S.C16H16F3OS.C16H19O2S/c1-21-11-12-22-13-14-23-19-9-10-20(24-15-5-2-6-16-24)18-8-4-3-7-17(18)19;1-20-10-11-21-12-13-22-18-8-9-19(23-14-4-5-15-23)17-7-3-2-6-16(17)18;1-19-11-12-20-17-9-10-18(21-13-5-2-6-14-21)16-8-4-3-7-15(16)17;1-18-13-19-16-9-10-17(20-11-5-2-6-12-20)15-8-4-3-7-14(15)16;1-18-10-11-19-16-8-9-17(20-12-4-5-13-20)15-7-3-2-6-14(15)16;17-16(18,19)11-20-14-7-8-15(21-9-3-4-10-21)13-6-2-1-5-12(13)14;1-17-12-18-15-8-9-16(19-10-4-5-11-19)14-7-3-2-6-13(14)15/h3-4,7-10H,2,5-6,11-16H2,1H3;2-3,6-9H,4-5,10-15H2,1H3;3-4,7-10H,2,5-6,11-14H2,1H3;3-4,7-10H,2,5-6,11-13H2,1H3;2-3,6-9H,4-5,10-13H2,1H3;1-2,5-8H,3-4,9-11H2;2-3,6-9H,4-5,10-12H2,1H3/q7*+1. The Hall–Kier alpha value is -8.58. The van der Waals surface area contributed by atoms with Crippen LogP contribution in [-0.2, 0) is 114 Å². The SMILES string of the molecule is COCCOCCOc1ccc([S+]2CCCC2)c2ccccc12.COCCOCCOc1ccc([S+]2CCCCC2)c2ccccc12.COCCOc1ccc([S+]2CCCC2)c2ccccc12.COCCOc1ccc([S+]2CCCCC2)c2ccccc12.COCOc1ccc([S+]2CCCC2)c2ccccc12.COCOc1ccc([S+]2CCCCC2)c2ccccc12.FC(F)(F)COc1ccc([S+]2CCCC2)c2ccccc12. The zero-order valence-electron chi connectivity index (χ0n) is 87.4. The lowest BCUT2D eigenvalue weighted by atomic mass is 10.1. The monoisotopic (exact) mass is 2150 g/mol. The summed E-state index contributed by atoms with van der Waals surface area (Å²) < 4.78 is 118. The van der Waals surface area contributed by atoms with Crippen LogP contribution in [0.25, 0.3) is 75.4 Å². The molecule has 0 radical (unpaired) electrons. The van der Waals surface area contributed by atoms with Crippen LogP contribution < -0.4 is 33.2 Å². The van der Waals surface area contributed by atoms with Crippen LogP contribution in [0.15, 0.2) is 289 Å². The van der Waals surface area contributed by atoms with Crippen molar-refractivity contribution in [3.05, 3.63) is 255 Å². The van der Waals surface area contributed by atoms with Crippen LogP contribution in [0.2, 0.25) is 0 Å². The van der Waals surface area contributed by atoms with Crippen LogP contribution in [0.1, 0.15) is 109 Å². The predicted molar refractivity (Wildman–Crippen MR) is 621 cm³/mol. The molecule has 0 bridgehead atoms. The molecule has 0 N–H and O–H groups in total. The van der Waals surface area contributed by atoms with Gasteiger partial charge in [-0.05, 0) is 237 Å². The lowest BCUT2D eigenvalue weighted by Crippen LogP contribution is -2.19. The van der Waals surface area contributed by atoms with Crippen LogP contribution in [-0.4, -0.2) is 229 Å². The third kappa shape index (κ3) is 32.8. The molecule has 14 aromatic rings. The van der Waals surface area contributed by atoms with E-state index >= 15 is 0 Å². The lowest BCUT2D eigenvalue weighted by molar-refractivity contribution is -0.153. The van der Waals surface area contributed by atoms with Gasteiger partial charge in [-0.15, -0.1) is 0 Å². The van der Waals surface area contributed by atoms with Crippen molar-refractivity contribution in [2.24, 2.45) is 0 Å². The average molecular weight is 2150 g/mol. The first-order valence-corrected chi connectivity index (χ1v) is 63.8. The summed E-state index contributed by atoms with van der Waals surface area (Å²) in [4.78, 5) is 10.4. The van der Waals surface area contributed by atoms with Gasteiger partial charge in [-0.1, -0.05) is 127 Å². The first-order valence-electron chi connectivity index (χ1n) is 52.8. The molecule has 0 saturated carbocycles. The van der Waals surface area contributed by atoms with Gasteiger partial charge in [-0.3, -0.25) is 0 Å². The van der Waals surface area contributed by atoms with Crippen molar-refractivity contribution in [3.63, 3.8) is 0 Å². The van der Waals surface area contributed by atoms with Gasteiger partial charge in [0.15, 0.2) is 54.5 Å². The van der Waals surface area contributed by atoms with Crippen molar-refractivity contribution in [2.75, 3.05) is 223 Å². The van der Waals surface area contributed by atoms with Crippen LogP contribution in [0, 0.1) is 0 Å². The van der Waals surface area contributed by atoms with E-state index in [1.54, 1.807) is 48.7 Å². The first-order chi connectivity index (χ1) is 72.9. The summed E-state index contributed by atoms with van der Waals surface area (Å²) in [6.07, 6.45) is 18.9. The number of halogens is 3. The average Bonchev–Trinajstić information content (AvgIpc) is 1.28. The normalized spacial score (nSPS) is 16.0. The van der Waals surface area contributed by atoms with Crippen molar-refractivity contribution in [2.45, 2.75) is 150 Å². The minimum atomic E-state index is -4.31. The van der Waals surface area contributed by atoms with Gasteiger partial charge in [0.2, 0.25) is 0 Å². The Morgan fingerprint density at radius 1 is 0.176 bits per heavy atom. The second-order valence-corrected chi connectivity index (χ2v) is 52.9. The smallest absolute Gasteiger partial charge is 0.422 e. The highest BCUT2D eigenvalue weighted by molar-refractivity contribution is 7.99. The van der Waals surface area contributed by atoms with Crippen molar-refractivity contribution in [1.29, 1.82) is 0 Å². The minimum Gasteiger partial charge on any atom is -0.491 e. The van der Waals surface area contributed by atoms with E-state index in [4.69, 9.17) is 71.1 Å². The predicted octanol–water partition coefficient (Wildman–Crippen LogP) is 27.5. The molecule has 14 aromatic carbocycles. The molecule has 148 heavy (non-hydrogen) atoms. The summed E-state index contributed by atoms with van der Waals surface area (Å²) in [6, 6.07) is 89.3. The Morgan fingerprint density at radius 3 is 0.527 bits per heavy atom. The molecule has 7 saturated heterocycles. The number of rotatable bonds is 37. The highest BCUT2D eigenvalue weighted by atomic mass is 32.2. The Labute approximate surface area is 896 Å². The molecule has 21 rings (SSSR count). The summed E-state index contributed by atoms with van der Waals surface area (Å²) in [5.74, 6) is 24.6. The molecule has 0 aromatic heterocycles.